The molecule has 0 saturated carbocycles. The van der Waals surface area contributed by atoms with Crippen molar-refractivity contribution in [3.05, 3.63) is 182 Å². The molecule has 1 aliphatic rings. The highest BCUT2D eigenvalue weighted by atomic mass is 15.1. The first-order valence-electron chi connectivity index (χ1n) is 16.5. The molecule has 0 saturated heterocycles. The van der Waals surface area contributed by atoms with Gasteiger partial charge in [-0.1, -0.05) is 115 Å². The van der Waals surface area contributed by atoms with Crippen molar-refractivity contribution in [1.29, 1.82) is 0 Å². The number of hydrogen-bond acceptors (Lipinski definition) is 1. The molecule has 2 heteroatoms. The first kappa shape index (κ1) is 26.8. The van der Waals surface area contributed by atoms with E-state index < -0.39 is 0 Å². The fraction of sp³-hybridized carbons (Fsp3) is 0. The smallest absolute Gasteiger partial charge is 0.0620 e. The zero-order valence-electron chi connectivity index (χ0n) is 26.2. The third-order valence-electron chi connectivity index (χ3n) is 9.89. The lowest BCUT2D eigenvalue weighted by Crippen LogP contribution is -2.09. The Balaban J connectivity index is 1.17. The summed E-state index contributed by atoms with van der Waals surface area (Å²) in [5.41, 5.74) is 14.7. The highest BCUT2D eigenvalue weighted by molar-refractivity contribution is 6.27. The minimum Gasteiger partial charge on any atom is -0.311 e. The molecule has 0 aliphatic heterocycles. The Kier molecular flexibility index (Phi) is 5.91. The number of hydrogen-bond donors (Lipinski definition) is 0. The molecule has 1 heterocycles. The molecule has 0 radical (unpaired) electrons. The van der Waals surface area contributed by atoms with Crippen LogP contribution in [0.4, 0.5) is 17.1 Å². The lowest BCUT2D eigenvalue weighted by molar-refractivity contribution is 1.19. The predicted octanol–water partition coefficient (Wildman–Crippen LogP) is 12.7. The van der Waals surface area contributed by atoms with Crippen LogP contribution in [0.5, 0.6) is 0 Å². The number of aromatic nitrogens is 1. The largest absolute Gasteiger partial charge is 0.311 e. The predicted molar refractivity (Wildman–Crippen MR) is 203 cm³/mol. The second kappa shape index (κ2) is 10.6. The summed E-state index contributed by atoms with van der Waals surface area (Å²) >= 11 is 0. The summed E-state index contributed by atoms with van der Waals surface area (Å²) < 4.78 is 2.46. The molecule has 1 aliphatic carbocycles. The van der Waals surface area contributed by atoms with Crippen LogP contribution >= 0.6 is 0 Å². The van der Waals surface area contributed by atoms with Crippen molar-refractivity contribution in [2.45, 2.75) is 0 Å². The molecule has 8 aromatic carbocycles. The Bertz CT molecular complexity index is 2600. The van der Waals surface area contributed by atoms with Crippen LogP contribution in [0, 0.1) is 0 Å². The van der Waals surface area contributed by atoms with Crippen molar-refractivity contribution in [3.8, 4) is 39.1 Å². The summed E-state index contributed by atoms with van der Waals surface area (Å²) in [6.07, 6.45) is 0. The fourth-order valence-corrected chi connectivity index (χ4v) is 7.80. The molecule has 10 rings (SSSR count). The maximum atomic E-state index is 2.46. The topological polar surface area (TPSA) is 8.17 Å². The molecule has 48 heavy (non-hydrogen) atoms. The third kappa shape index (κ3) is 4.00. The molecule has 0 spiro atoms. The lowest BCUT2D eigenvalue weighted by Gasteiger charge is -2.25. The Hall–Kier alpha value is -6.38. The Morgan fingerprint density at radius 1 is 0.354 bits per heavy atom. The van der Waals surface area contributed by atoms with Crippen LogP contribution < -0.4 is 4.90 Å². The summed E-state index contributed by atoms with van der Waals surface area (Å²) in [5.74, 6) is 0. The number of fused-ring (bicyclic) bond motifs is 7. The van der Waals surface area contributed by atoms with E-state index in [0.717, 1.165) is 17.1 Å². The van der Waals surface area contributed by atoms with E-state index in [1.54, 1.807) is 0 Å². The van der Waals surface area contributed by atoms with Gasteiger partial charge >= 0.3 is 0 Å². The monoisotopic (exact) mass is 610 g/mol. The molecule has 0 N–H and O–H groups in total. The summed E-state index contributed by atoms with van der Waals surface area (Å²) in [7, 11) is 0. The first-order chi connectivity index (χ1) is 23.8. The van der Waals surface area contributed by atoms with Gasteiger partial charge in [-0.25, -0.2) is 0 Å². The number of rotatable bonds is 5. The fourth-order valence-electron chi connectivity index (χ4n) is 7.80. The highest BCUT2D eigenvalue weighted by Gasteiger charge is 2.25. The molecule has 224 valence electrons. The van der Waals surface area contributed by atoms with Gasteiger partial charge < -0.3 is 9.47 Å². The van der Waals surface area contributed by atoms with Gasteiger partial charge in [0.15, 0.2) is 0 Å². The van der Waals surface area contributed by atoms with Gasteiger partial charge in [-0.3, -0.25) is 0 Å². The molecule has 0 unspecified atom stereocenters. The van der Waals surface area contributed by atoms with Crippen molar-refractivity contribution >= 4 is 49.6 Å². The summed E-state index contributed by atoms with van der Waals surface area (Å²) in [6.45, 7) is 0. The number of nitrogens with zero attached hydrogens (tertiary/aromatic N) is 2. The SMILES string of the molecule is c1ccc(N(c2ccccc2)c2ccc(-c3ccc4c(c3)c3cc5c6c(cccc6c3n4-c3ccccc3)-c3ccccc3-5)cc2)cc1. The van der Waals surface area contributed by atoms with Gasteiger partial charge in [-0.15, -0.1) is 0 Å². The van der Waals surface area contributed by atoms with Crippen molar-refractivity contribution in [2.75, 3.05) is 4.90 Å². The van der Waals surface area contributed by atoms with Crippen molar-refractivity contribution in [1.82, 2.24) is 4.57 Å². The minimum absolute atomic E-state index is 1.13. The van der Waals surface area contributed by atoms with Crippen LogP contribution in [0.1, 0.15) is 0 Å². The van der Waals surface area contributed by atoms with Crippen LogP contribution in [-0.2, 0) is 0 Å². The second-order valence-electron chi connectivity index (χ2n) is 12.6. The maximum Gasteiger partial charge on any atom is 0.0620 e. The molecular formula is C46H30N2. The van der Waals surface area contributed by atoms with Crippen LogP contribution in [0.15, 0.2) is 182 Å². The molecule has 9 aromatic rings. The van der Waals surface area contributed by atoms with E-state index in [-0.39, 0.29) is 0 Å². The Labute approximate surface area is 279 Å². The average Bonchev–Trinajstić information content (AvgIpc) is 3.67. The van der Waals surface area contributed by atoms with Gasteiger partial charge in [0.1, 0.15) is 0 Å². The average molecular weight is 611 g/mol. The van der Waals surface area contributed by atoms with Crippen molar-refractivity contribution in [3.63, 3.8) is 0 Å². The van der Waals surface area contributed by atoms with Crippen LogP contribution in [0.25, 0.3) is 71.6 Å². The standard InChI is InChI=1S/C46H30N2/c1-4-13-33(14-5-1)47(34-15-6-2-7-16-34)36-26-23-31(24-27-36)32-25-28-44-41(29-32)43-30-42-38-20-11-10-19-37(38)39-21-12-22-40(45(39)42)46(43)48(44)35-17-8-3-9-18-35/h1-30H. The molecule has 0 bridgehead atoms. The van der Waals surface area contributed by atoms with Crippen molar-refractivity contribution < 1.29 is 0 Å². The summed E-state index contributed by atoms with van der Waals surface area (Å²) in [5, 5.41) is 5.19. The minimum atomic E-state index is 1.13. The van der Waals surface area contributed by atoms with E-state index in [4.69, 9.17) is 0 Å². The lowest BCUT2D eigenvalue weighted by atomic mass is 9.98. The van der Waals surface area contributed by atoms with Crippen LogP contribution in [0.3, 0.4) is 0 Å². The zero-order chi connectivity index (χ0) is 31.6. The van der Waals surface area contributed by atoms with E-state index in [0.29, 0.717) is 0 Å². The number of benzene rings is 8. The van der Waals surface area contributed by atoms with Crippen LogP contribution in [0.2, 0.25) is 0 Å². The van der Waals surface area contributed by atoms with E-state index in [1.807, 2.05) is 0 Å². The van der Waals surface area contributed by atoms with E-state index >= 15 is 0 Å². The molecule has 0 atom stereocenters. The molecule has 0 fully saturated rings. The van der Waals surface area contributed by atoms with E-state index in [2.05, 4.69) is 191 Å². The van der Waals surface area contributed by atoms with Gasteiger partial charge in [-0.05, 0) is 105 Å². The third-order valence-corrected chi connectivity index (χ3v) is 9.89. The number of anilines is 3. The quantitative estimate of drug-likeness (QED) is 0.188. The van der Waals surface area contributed by atoms with Crippen LogP contribution in [-0.4, -0.2) is 4.57 Å². The number of para-hydroxylation sites is 3. The van der Waals surface area contributed by atoms with Gasteiger partial charge in [0.05, 0.1) is 11.0 Å². The van der Waals surface area contributed by atoms with Gasteiger partial charge in [0, 0.05) is 38.9 Å². The second-order valence-corrected chi connectivity index (χ2v) is 12.6. The van der Waals surface area contributed by atoms with Gasteiger partial charge in [-0.2, -0.15) is 0 Å². The molecule has 2 nitrogen and oxygen atoms in total. The first-order valence-corrected chi connectivity index (χ1v) is 16.5. The van der Waals surface area contributed by atoms with Gasteiger partial charge in [0.25, 0.3) is 0 Å². The van der Waals surface area contributed by atoms with Gasteiger partial charge in [0.2, 0.25) is 0 Å². The molecular weight excluding hydrogens is 581 g/mol. The summed E-state index contributed by atoms with van der Waals surface area (Å²) in [4.78, 5) is 2.31. The zero-order valence-corrected chi connectivity index (χ0v) is 26.2. The molecule has 1 aromatic heterocycles. The summed E-state index contributed by atoms with van der Waals surface area (Å²) in [6, 6.07) is 66.0. The Morgan fingerprint density at radius 3 is 1.60 bits per heavy atom. The van der Waals surface area contributed by atoms with E-state index in [9.17, 15) is 0 Å². The maximum absolute atomic E-state index is 2.46. The Morgan fingerprint density at radius 2 is 0.917 bits per heavy atom. The van der Waals surface area contributed by atoms with Crippen molar-refractivity contribution in [2.24, 2.45) is 0 Å². The normalized spacial score (nSPS) is 11.8. The highest BCUT2D eigenvalue weighted by Crippen LogP contribution is 2.51. The van der Waals surface area contributed by atoms with E-state index in [1.165, 1.54) is 71.6 Å². The molecule has 0 amide bonds.